The number of nitrogens with zero attached hydrogens (tertiary/aromatic N) is 4. The summed E-state index contributed by atoms with van der Waals surface area (Å²) in [5, 5.41) is 4.11. The van der Waals surface area contributed by atoms with Crippen LogP contribution in [0, 0.1) is 13.8 Å². The smallest absolute Gasteiger partial charge is 0.340 e. The van der Waals surface area contributed by atoms with E-state index in [1.807, 2.05) is 34.0 Å². The van der Waals surface area contributed by atoms with Gasteiger partial charge in [-0.3, -0.25) is 9.48 Å². The highest BCUT2D eigenvalue weighted by molar-refractivity contribution is 5.98. The first kappa shape index (κ1) is 20.5. The number of ether oxygens (including phenoxy) is 1. The zero-order chi connectivity index (χ0) is 20.1. The van der Waals surface area contributed by atoms with Crippen molar-refractivity contribution in [3.05, 3.63) is 46.5 Å². The Balaban J connectivity index is 2.26. The lowest BCUT2D eigenvalue weighted by Crippen LogP contribution is -2.23. The molecule has 2 rings (SSSR count). The van der Waals surface area contributed by atoms with E-state index in [1.54, 1.807) is 35.8 Å². The molecule has 0 radical (unpaired) electrons. The number of aryl methyl sites for hydroxylation is 1. The van der Waals surface area contributed by atoms with Crippen molar-refractivity contribution in [3.8, 4) is 0 Å². The van der Waals surface area contributed by atoms with Gasteiger partial charge in [-0.2, -0.15) is 5.10 Å². The molecule has 0 bridgehead atoms. The van der Waals surface area contributed by atoms with E-state index >= 15 is 0 Å². The lowest BCUT2D eigenvalue weighted by atomic mass is 10.1. The third kappa shape index (κ3) is 4.48. The number of hydrogen-bond acceptors (Lipinski definition) is 4. The van der Waals surface area contributed by atoms with Gasteiger partial charge in [0, 0.05) is 62.0 Å². The molecule has 2 aromatic rings. The van der Waals surface area contributed by atoms with E-state index in [2.05, 4.69) is 9.67 Å². The van der Waals surface area contributed by atoms with E-state index in [0.29, 0.717) is 18.7 Å². The molecule has 0 saturated carbocycles. The topological polar surface area (TPSA) is 69.4 Å². The number of rotatable bonds is 7. The Kier molecular flexibility index (Phi) is 6.60. The summed E-state index contributed by atoms with van der Waals surface area (Å²) in [6.07, 6.45) is 6.83. The van der Waals surface area contributed by atoms with E-state index in [9.17, 15) is 9.59 Å². The lowest BCUT2D eigenvalue weighted by Gasteiger charge is -2.13. The van der Waals surface area contributed by atoms with E-state index < -0.39 is 0 Å². The van der Waals surface area contributed by atoms with E-state index in [0.717, 1.165) is 29.1 Å². The van der Waals surface area contributed by atoms with Gasteiger partial charge in [-0.1, -0.05) is 0 Å². The molecule has 0 saturated heterocycles. The van der Waals surface area contributed by atoms with Crippen molar-refractivity contribution in [2.75, 3.05) is 13.7 Å². The van der Waals surface area contributed by atoms with Crippen LogP contribution in [0.5, 0.6) is 0 Å². The molecule has 0 atom stereocenters. The Bertz CT molecular complexity index is 861. The van der Waals surface area contributed by atoms with Crippen LogP contribution in [-0.4, -0.2) is 44.8 Å². The van der Waals surface area contributed by atoms with Crippen molar-refractivity contribution >= 4 is 18.0 Å². The molecule has 1 amide bonds. The van der Waals surface area contributed by atoms with Crippen molar-refractivity contribution in [1.29, 1.82) is 0 Å². The fourth-order valence-corrected chi connectivity index (χ4v) is 3.23. The van der Waals surface area contributed by atoms with Crippen LogP contribution in [0.1, 0.15) is 46.7 Å². The van der Waals surface area contributed by atoms with Gasteiger partial charge in [0.1, 0.15) is 0 Å². The van der Waals surface area contributed by atoms with Crippen LogP contribution < -0.4 is 0 Å². The van der Waals surface area contributed by atoms with Crippen LogP contribution in [0.2, 0.25) is 0 Å². The Morgan fingerprint density at radius 3 is 2.52 bits per heavy atom. The van der Waals surface area contributed by atoms with Crippen LogP contribution in [0.4, 0.5) is 0 Å². The summed E-state index contributed by atoms with van der Waals surface area (Å²) >= 11 is 0. The maximum atomic E-state index is 12.5. The third-order valence-corrected chi connectivity index (χ3v) is 4.57. The quantitative estimate of drug-likeness (QED) is 0.553. The van der Waals surface area contributed by atoms with Crippen LogP contribution in [0.15, 0.2) is 18.5 Å². The van der Waals surface area contributed by atoms with Gasteiger partial charge >= 0.3 is 5.97 Å². The number of hydrogen-bond donors (Lipinski definition) is 0. The second kappa shape index (κ2) is 8.70. The first-order chi connectivity index (χ1) is 12.8. The molecule has 7 heteroatoms. The fourth-order valence-electron chi connectivity index (χ4n) is 3.23. The number of esters is 1. The Morgan fingerprint density at radius 1 is 1.26 bits per heavy atom. The van der Waals surface area contributed by atoms with E-state index in [1.165, 1.54) is 6.08 Å². The van der Waals surface area contributed by atoms with Crippen LogP contribution >= 0.6 is 0 Å². The van der Waals surface area contributed by atoms with Crippen molar-refractivity contribution in [2.45, 2.75) is 40.8 Å². The van der Waals surface area contributed by atoms with Gasteiger partial charge in [-0.15, -0.1) is 0 Å². The zero-order valence-corrected chi connectivity index (χ0v) is 16.9. The monoisotopic (exact) mass is 372 g/mol. The van der Waals surface area contributed by atoms with Crippen LogP contribution in [0.25, 0.3) is 6.08 Å². The van der Waals surface area contributed by atoms with Gasteiger partial charge in [-0.25, -0.2) is 4.79 Å². The predicted molar refractivity (Wildman–Crippen MR) is 104 cm³/mol. The molecule has 0 unspecified atom stereocenters. The average molecular weight is 372 g/mol. The average Bonchev–Trinajstić information content (AvgIpc) is 3.13. The maximum Gasteiger partial charge on any atom is 0.340 e. The molecule has 7 nitrogen and oxygen atoms in total. The number of aromatic nitrogens is 3. The van der Waals surface area contributed by atoms with E-state index in [-0.39, 0.29) is 11.9 Å². The van der Waals surface area contributed by atoms with Gasteiger partial charge in [0.25, 0.3) is 0 Å². The van der Waals surface area contributed by atoms with Gasteiger partial charge in [0.15, 0.2) is 0 Å². The minimum Gasteiger partial charge on any atom is -0.462 e. The van der Waals surface area contributed by atoms with Gasteiger partial charge in [0.05, 0.1) is 18.4 Å². The standard InChI is InChI=1S/C20H28N4O3/c1-7-24-14(3)17(19(15(24)4)20(26)27-8-2)9-10-18(25)22(5)12-16-11-21-23(6)13-16/h9-11,13H,7-8,12H2,1-6H3/b10-9+. The Labute approximate surface area is 160 Å². The fraction of sp³-hybridized carbons (Fsp3) is 0.450. The first-order valence-electron chi connectivity index (χ1n) is 9.07. The lowest BCUT2D eigenvalue weighted by molar-refractivity contribution is -0.125. The molecule has 0 N–H and O–H groups in total. The number of amides is 1. The third-order valence-electron chi connectivity index (χ3n) is 4.57. The molecule has 0 aliphatic rings. The molecule has 0 aromatic carbocycles. The first-order valence-corrected chi connectivity index (χ1v) is 9.07. The molecule has 27 heavy (non-hydrogen) atoms. The summed E-state index contributed by atoms with van der Waals surface area (Å²) in [6.45, 7) is 9.17. The van der Waals surface area contributed by atoms with Crippen molar-refractivity contribution in [2.24, 2.45) is 7.05 Å². The zero-order valence-electron chi connectivity index (χ0n) is 16.9. The second-order valence-electron chi connectivity index (χ2n) is 6.47. The molecule has 146 valence electrons. The molecule has 2 aromatic heterocycles. The Morgan fingerprint density at radius 2 is 1.96 bits per heavy atom. The highest BCUT2D eigenvalue weighted by Gasteiger charge is 2.22. The Hall–Kier alpha value is -2.83. The number of likely N-dealkylation sites (N-methyl/N-ethyl adjacent to an activating group) is 1. The maximum absolute atomic E-state index is 12.5. The summed E-state index contributed by atoms with van der Waals surface area (Å²) in [6, 6.07) is 0. The van der Waals surface area contributed by atoms with Gasteiger partial charge < -0.3 is 14.2 Å². The minimum absolute atomic E-state index is 0.144. The summed E-state index contributed by atoms with van der Waals surface area (Å²) in [4.78, 5) is 26.5. The number of carbonyl (C=O) groups excluding carboxylic acids is 2. The molecular formula is C20H28N4O3. The van der Waals surface area contributed by atoms with Crippen LogP contribution in [-0.2, 0) is 29.7 Å². The summed E-state index contributed by atoms with van der Waals surface area (Å²) in [5.41, 5.74) is 4.01. The van der Waals surface area contributed by atoms with Crippen molar-refractivity contribution in [1.82, 2.24) is 19.2 Å². The summed E-state index contributed by atoms with van der Waals surface area (Å²) in [5.74, 6) is -0.504. The van der Waals surface area contributed by atoms with Gasteiger partial charge in [0.2, 0.25) is 5.91 Å². The highest BCUT2D eigenvalue weighted by atomic mass is 16.5. The van der Waals surface area contributed by atoms with Crippen molar-refractivity contribution < 1.29 is 14.3 Å². The second-order valence-corrected chi connectivity index (χ2v) is 6.47. The highest BCUT2D eigenvalue weighted by Crippen LogP contribution is 2.25. The molecule has 2 heterocycles. The molecular weight excluding hydrogens is 344 g/mol. The molecule has 0 fully saturated rings. The van der Waals surface area contributed by atoms with Gasteiger partial charge in [-0.05, 0) is 33.8 Å². The molecule has 0 aliphatic heterocycles. The normalized spacial score (nSPS) is 11.2. The largest absolute Gasteiger partial charge is 0.462 e. The summed E-state index contributed by atoms with van der Waals surface area (Å²) in [7, 11) is 3.58. The molecule has 0 aliphatic carbocycles. The van der Waals surface area contributed by atoms with Crippen LogP contribution in [0.3, 0.4) is 0 Å². The predicted octanol–water partition coefficient (Wildman–Crippen LogP) is 2.71. The van der Waals surface area contributed by atoms with Crippen molar-refractivity contribution in [3.63, 3.8) is 0 Å². The number of carbonyl (C=O) groups is 2. The SMILES string of the molecule is CCOC(=O)c1c(/C=C/C(=O)N(C)Cc2cnn(C)c2)c(C)n(CC)c1C. The molecule has 0 spiro atoms. The minimum atomic E-state index is -0.360. The van der Waals surface area contributed by atoms with E-state index in [4.69, 9.17) is 4.74 Å². The summed E-state index contributed by atoms with van der Waals surface area (Å²) < 4.78 is 8.96.